The molecular weight excluding hydrogens is 476 g/mol. The molecule has 1 aromatic rings. The average Bonchev–Trinajstić information content (AvgIpc) is 2.88. The first-order valence-corrected chi connectivity index (χ1v) is 10.1. The van der Waals surface area contributed by atoms with Gasteiger partial charge in [-0.3, -0.25) is 4.79 Å². The van der Waals surface area contributed by atoms with Gasteiger partial charge in [-0.05, 0) is 42.9 Å². The van der Waals surface area contributed by atoms with Crippen molar-refractivity contribution in [3.63, 3.8) is 0 Å². The fourth-order valence-corrected chi connectivity index (χ4v) is 9.45. The number of hydrogen-bond acceptors (Lipinski definition) is 2. The topological polar surface area (TPSA) is 42.0 Å². The lowest BCUT2D eigenvalue weighted by Gasteiger charge is -2.66. The number of carbonyl (C=O) groups excluding carboxylic acids is 1. The molecule has 0 saturated heterocycles. The van der Waals surface area contributed by atoms with E-state index >= 15 is 0 Å². The summed E-state index contributed by atoms with van der Waals surface area (Å²) in [7, 11) is 0. The summed E-state index contributed by atoms with van der Waals surface area (Å²) in [6.07, 6.45) is 3.64. The molecule has 2 bridgehead atoms. The van der Waals surface area contributed by atoms with Gasteiger partial charge in [0, 0.05) is 16.4 Å². The molecule has 120 valence electrons. The van der Waals surface area contributed by atoms with Crippen molar-refractivity contribution in [1.29, 1.82) is 0 Å². The van der Waals surface area contributed by atoms with Crippen molar-refractivity contribution >= 4 is 59.5 Å². The molecule has 0 aliphatic heterocycles. The zero-order chi connectivity index (χ0) is 16.3. The van der Waals surface area contributed by atoms with Crippen LogP contribution in [0.4, 0.5) is 5.82 Å². The highest BCUT2D eigenvalue weighted by molar-refractivity contribution is 9.24. The van der Waals surface area contributed by atoms with E-state index in [1.807, 2.05) is 19.1 Å². The summed E-state index contributed by atoms with van der Waals surface area (Å²) in [5.74, 6) is 0.708. The Hall–Kier alpha value is 0.0600. The Bertz CT molecular complexity index is 634. The van der Waals surface area contributed by atoms with E-state index in [2.05, 4.69) is 71.9 Å². The monoisotopic (exact) mass is 492 g/mol. The Kier molecular flexibility index (Phi) is 4.06. The standard InChI is InChI=1S/C16H19Br3N2O/c1-9-4-7-20-10(8-9)21-13(22)16-6-5-15(11(16)17,12(18)19)14(16,2)3/h4,7-8,11-12H,5-6H2,1-3H3,(H,20,21,22). The quantitative estimate of drug-likeness (QED) is 0.600. The van der Waals surface area contributed by atoms with E-state index in [1.54, 1.807) is 6.20 Å². The molecule has 3 saturated carbocycles. The van der Waals surface area contributed by atoms with Crippen LogP contribution in [0.5, 0.6) is 0 Å². The van der Waals surface area contributed by atoms with Crippen LogP contribution in [0.25, 0.3) is 0 Å². The highest BCUT2D eigenvalue weighted by Gasteiger charge is 2.83. The fourth-order valence-electron chi connectivity index (χ4n) is 4.53. The Labute approximate surface area is 156 Å². The van der Waals surface area contributed by atoms with Gasteiger partial charge < -0.3 is 5.32 Å². The Morgan fingerprint density at radius 2 is 2.09 bits per heavy atom. The molecule has 1 N–H and O–H groups in total. The van der Waals surface area contributed by atoms with Crippen LogP contribution < -0.4 is 5.32 Å². The van der Waals surface area contributed by atoms with Crippen molar-refractivity contribution in [1.82, 2.24) is 4.98 Å². The number of halogens is 3. The number of aryl methyl sites for hydroxylation is 1. The van der Waals surface area contributed by atoms with Gasteiger partial charge in [0.05, 0.1) is 9.15 Å². The molecule has 6 heteroatoms. The summed E-state index contributed by atoms with van der Waals surface area (Å²) in [6, 6.07) is 3.83. The maximum atomic E-state index is 13.1. The number of amides is 1. The lowest BCUT2D eigenvalue weighted by atomic mass is 9.43. The molecule has 1 aromatic heterocycles. The van der Waals surface area contributed by atoms with E-state index in [1.165, 1.54) is 0 Å². The number of anilines is 1. The maximum absolute atomic E-state index is 13.1. The predicted octanol–water partition coefficient (Wildman–Crippen LogP) is 5.01. The molecule has 1 amide bonds. The van der Waals surface area contributed by atoms with E-state index < -0.39 is 5.41 Å². The summed E-state index contributed by atoms with van der Waals surface area (Å²) in [5.41, 5.74) is 0.648. The van der Waals surface area contributed by atoms with Crippen LogP contribution in [0, 0.1) is 23.2 Å². The van der Waals surface area contributed by atoms with E-state index in [4.69, 9.17) is 0 Å². The molecule has 3 nitrogen and oxygen atoms in total. The van der Waals surface area contributed by atoms with E-state index in [9.17, 15) is 4.79 Å². The van der Waals surface area contributed by atoms with Gasteiger partial charge in [0.1, 0.15) is 5.82 Å². The van der Waals surface area contributed by atoms with Crippen LogP contribution in [0.2, 0.25) is 0 Å². The van der Waals surface area contributed by atoms with E-state index in [0.717, 1.165) is 18.4 Å². The zero-order valence-corrected chi connectivity index (χ0v) is 17.5. The number of nitrogens with one attached hydrogen (secondary N) is 1. The molecule has 1 heterocycles. The number of carbonyl (C=O) groups is 1. The summed E-state index contributed by atoms with van der Waals surface area (Å²) in [4.78, 5) is 17.5. The Morgan fingerprint density at radius 1 is 1.41 bits per heavy atom. The first-order chi connectivity index (χ1) is 10.2. The smallest absolute Gasteiger partial charge is 0.233 e. The molecule has 0 aromatic carbocycles. The van der Waals surface area contributed by atoms with Crippen molar-refractivity contribution in [3.8, 4) is 0 Å². The number of aromatic nitrogens is 1. The van der Waals surface area contributed by atoms with Gasteiger partial charge in [-0.1, -0.05) is 61.6 Å². The molecular formula is C16H19Br3N2O. The SMILES string of the molecule is Cc1ccnc(NC(=O)C23CCC(C(Br)Br)(C2Br)C3(C)C)c1. The second-order valence-corrected chi connectivity index (χ2v) is 10.9. The minimum Gasteiger partial charge on any atom is -0.310 e. The summed E-state index contributed by atoms with van der Waals surface area (Å²) < 4.78 is 0.187. The van der Waals surface area contributed by atoms with Gasteiger partial charge in [-0.25, -0.2) is 4.98 Å². The molecule has 0 radical (unpaired) electrons. The van der Waals surface area contributed by atoms with Crippen LogP contribution in [0.15, 0.2) is 18.3 Å². The molecule has 0 spiro atoms. The van der Waals surface area contributed by atoms with Crippen LogP contribution in [-0.4, -0.2) is 19.5 Å². The third-order valence-corrected chi connectivity index (χ3v) is 9.28. The third-order valence-electron chi connectivity index (χ3n) is 6.05. The largest absolute Gasteiger partial charge is 0.310 e. The van der Waals surface area contributed by atoms with Crippen LogP contribution in [-0.2, 0) is 4.79 Å². The van der Waals surface area contributed by atoms with Crippen molar-refractivity contribution in [2.45, 2.75) is 42.2 Å². The number of fused-ring (bicyclic) bond motifs is 1. The second-order valence-electron chi connectivity index (χ2n) is 6.97. The number of nitrogens with zero attached hydrogens (tertiary/aromatic N) is 1. The Morgan fingerprint density at radius 3 is 2.59 bits per heavy atom. The van der Waals surface area contributed by atoms with Crippen molar-refractivity contribution < 1.29 is 4.79 Å². The number of rotatable bonds is 3. The highest BCUT2D eigenvalue weighted by atomic mass is 79.9. The van der Waals surface area contributed by atoms with Gasteiger partial charge in [0.15, 0.2) is 0 Å². The normalized spacial score (nSPS) is 35.3. The summed E-state index contributed by atoms with van der Waals surface area (Å²) in [5, 5.41) is 3.03. The molecule has 3 atom stereocenters. The lowest BCUT2D eigenvalue weighted by molar-refractivity contribution is -0.155. The minimum atomic E-state index is -0.391. The van der Waals surface area contributed by atoms with Gasteiger partial charge in [0.2, 0.25) is 5.91 Å². The number of pyridine rings is 1. The fraction of sp³-hybridized carbons (Fsp3) is 0.625. The van der Waals surface area contributed by atoms with Crippen molar-refractivity contribution in [2.75, 3.05) is 5.32 Å². The average molecular weight is 495 g/mol. The molecule has 3 aliphatic rings. The van der Waals surface area contributed by atoms with E-state index in [0.29, 0.717) is 5.82 Å². The maximum Gasteiger partial charge on any atom is 0.233 e. The van der Waals surface area contributed by atoms with Gasteiger partial charge in [-0.15, -0.1) is 0 Å². The van der Waals surface area contributed by atoms with Gasteiger partial charge in [0.25, 0.3) is 0 Å². The van der Waals surface area contributed by atoms with Crippen molar-refractivity contribution in [2.24, 2.45) is 16.2 Å². The van der Waals surface area contributed by atoms with E-state index in [-0.39, 0.29) is 25.3 Å². The number of hydrogen-bond donors (Lipinski definition) is 1. The van der Waals surface area contributed by atoms with Crippen molar-refractivity contribution in [3.05, 3.63) is 23.9 Å². The third kappa shape index (κ3) is 1.83. The zero-order valence-electron chi connectivity index (χ0n) is 12.8. The highest BCUT2D eigenvalue weighted by Crippen LogP contribution is 2.82. The summed E-state index contributed by atoms with van der Waals surface area (Å²) in [6.45, 7) is 6.41. The Balaban J connectivity index is 1.91. The first-order valence-electron chi connectivity index (χ1n) is 7.36. The predicted molar refractivity (Wildman–Crippen MR) is 99.8 cm³/mol. The van der Waals surface area contributed by atoms with Crippen LogP contribution in [0.3, 0.4) is 0 Å². The number of alkyl halides is 3. The first kappa shape index (κ1) is 16.9. The second kappa shape index (κ2) is 5.28. The van der Waals surface area contributed by atoms with Gasteiger partial charge >= 0.3 is 0 Å². The minimum absolute atomic E-state index is 0.0460. The van der Waals surface area contributed by atoms with Crippen LogP contribution in [0.1, 0.15) is 32.3 Å². The van der Waals surface area contributed by atoms with Gasteiger partial charge in [-0.2, -0.15) is 0 Å². The lowest BCUT2D eigenvalue weighted by Crippen LogP contribution is -2.71. The molecule has 3 aliphatic carbocycles. The molecule has 3 fully saturated rings. The summed E-state index contributed by atoms with van der Waals surface area (Å²) >= 11 is 11.2. The molecule has 4 rings (SSSR count). The molecule has 22 heavy (non-hydrogen) atoms. The molecule has 3 unspecified atom stereocenters. The van der Waals surface area contributed by atoms with Crippen LogP contribution >= 0.6 is 47.8 Å².